The van der Waals surface area contributed by atoms with Crippen LogP contribution in [0, 0.1) is 0 Å². The predicted octanol–water partition coefficient (Wildman–Crippen LogP) is 1.76. The van der Waals surface area contributed by atoms with Crippen LogP contribution in [0.4, 0.5) is 0 Å². The number of hydrazine groups is 1. The summed E-state index contributed by atoms with van der Waals surface area (Å²) in [6.45, 7) is 2.82. The molecule has 1 heterocycles. The molecule has 19 heavy (non-hydrogen) atoms. The highest BCUT2D eigenvalue weighted by atomic mass is 16.5. The molecule has 0 saturated heterocycles. The molecule has 0 spiro atoms. The van der Waals surface area contributed by atoms with Crippen LogP contribution in [0.2, 0.25) is 0 Å². The predicted molar refractivity (Wildman–Crippen MR) is 74.6 cm³/mol. The van der Waals surface area contributed by atoms with Crippen molar-refractivity contribution in [3.05, 3.63) is 47.8 Å². The minimum Gasteiger partial charge on any atom is -0.494 e. The van der Waals surface area contributed by atoms with Gasteiger partial charge in [0.1, 0.15) is 5.75 Å². The second-order valence-corrected chi connectivity index (χ2v) is 4.40. The van der Waals surface area contributed by atoms with Crippen molar-refractivity contribution in [2.75, 3.05) is 6.61 Å². The minimum atomic E-state index is -0.0762. The van der Waals surface area contributed by atoms with Gasteiger partial charge in [-0.05, 0) is 30.2 Å². The first-order chi connectivity index (χ1) is 9.26. The summed E-state index contributed by atoms with van der Waals surface area (Å²) in [6.07, 6.45) is 2.77. The Bertz CT molecular complexity index is 506. The SMILES string of the molecule is CCCOc1ccc(C(NN)c2ccnn2C)cc1. The van der Waals surface area contributed by atoms with Gasteiger partial charge in [-0.2, -0.15) is 5.10 Å². The minimum absolute atomic E-state index is 0.0762. The van der Waals surface area contributed by atoms with Crippen LogP contribution in [0.25, 0.3) is 0 Å². The van der Waals surface area contributed by atoms with Crippen LogP contribution < -0.4 is 16.0 Å². The highest BCUT2D eigenvalue weighted by Gasteiger charge is 2.15. The second-order valence-electron chi connectivity index (χ2n) is 4.40. The lowest BCUT2D eigenvalue weighted by Gasteiger charge is -2.17. The molecule has 3 N–H and O–H groups in total. The molecule has 1 aromatic heterocycles. The summed E-state index contributed by atoms with van der Waals surface area (Å²) < 4.78 is 7.38. The molecule has 0 amide bonds. The molecular formula is C14H20N4O. The molecule has 2 rings (SSSR count). The van der Waals surface area contributed by atoms with E-state index < -0.39 is 0 Å². The number of nitrogens with two attached hydrogens (primary N) is 1. The zero-order chi connectivity index (χ0) is 13.7. The highest BCUT2D eigenvalue weighted by Crippen LogP contribution is 2.23. The van der Waals surface area contributed by atoms with Crippen LogP contribution in [-0.4, -0.2) is 16.4 Å². The number of ether oxygens (including phenoxy) is 1. The fourth-order valence-corrected chi connectivity index (χ4v) is 2.00. The molecule has 1 atom stereocenters. The van der Waals surface area contributed by atoms with Gasteiger partial charge in [0.15, 0.2) is 0 Å². The standard InChI is InChI=1S/C14H20N4O/c1-3-10-19-12-6-4-11(5-7-12)14(17-15)13-8-9-16-18(13)2/h4-9,14,17H,3,10,15H2,1-2H3. The van der Waals surface area contributed by atoms with Crippen LogP contribution >= 0.6 is 0 Å². The summed E-state index contributed by atoms with van der Waals surface area (Å²) in [5.41, 5.74) is 4.92. The molecule has 1 aromatic carbocycles. The molecule has 0 radical (unpaired) electrons. The molecule has 0 aliphatic carbocycles. The Morgan fingerprint density at radius 3 is 2.58 bits per heavy atom. The lowest BCUT2D eigenvalue weighted by molar-refractivity contribution is 0.317. The van der Waals surface area contributed by atoms with E-state index in [2.05, 4.69) is 17.4 Å². The summed E-state index contributed by atoms with van der Waals surface area (Å²) in [4.78, 5) is 0. The van der Waals surface area contributed by atoms with Crippen molar-refractivity contribution in [1.29, 1.82) is 0 Å². The molecule has 2 aromatic rings. The molecule has 0 aliphatic rings. The van der Waals surface area contributed by atoms with Gasteiger partial charge in [0.25, 0.3) is 0 Å². The topological polar surface area (TPSA) is 65.1 Å². The molecule has 5 heteroatoms. The Hall–Kier alpha value is -1.85. The third kappa shape index (κ3) is 3.13. The van der Waals surface area contributed by atoms with Crippen LogP contribution in [0.5, 0.6) is 5.75 Å². The lowest BCUT2D eigenvalue weighted by atomic mass is 10.0. The highest BCUT2D eigenvalue weighted by molar-refractivity contribution is 5.33. The average Bonchev–Trinajstić information content (AvgIpc) is 2.85. The van der Waals surface area contributed by atoms with Gasteiger partial charge in [-0.25, -0.2) is 5.43 Å². The summed E-state index contributed by atoms with van der Waals surface area (Å²) >= 11 is 0. The van der Waals surface area contributed by atoms with E-state index in [0.29, 0.717) is 0 Å². The van der Waals surface area contributed by atoms with Gasteiger partial charge in [0, 0.05) is 13.2 Å². The molecule has 0 saturated carbocycles. The fraction of sp³-hybridized carbons (Fsp3) is 0.357. The maximum atomic E-state index is 5.66. The molecule has 5 nitrogen and oxygen atoms in total. The summed E-state index contributed by atoms with van der Waals surface area (Å²) in [6, 6.07) is 9.83. The van der Waals surface area contributed by atoms with Crippen LogP contribution in [-0.2, 0) is 7.05 Å². The van der Waals surface area contributed by atoms with E-state index in [0.717, 1.165) is 30.0 Å². The third-order valence-corrected chi connectivity index (χ3v) is 3.01. The van der Waals surface area contributed by atoms with Crippen molar-refractivity contribution in [1.82, 2.24) is 15.2 Å². The average molecular weight is 260 g/mol. The first-order valence-corrected chi connectivity index (χ1v) is 6.43. The van der Waals surface area contributed by atoms with E-state index in [4.69, 9.17) is 10.6 Å². The Balaban J connectivity index is 2.18. The zero-order valence-corrected chi connectivity index (χ0v) is 11.3. The first kappa shape index (κ1) is 13.6. The van der Waals surface area contributed by atoms with Gasteiger partial charge in [-0.3, -0.25) is 10.5 Å². The van der Waals surface area contributed by atoms with Crippen molar-refractivity contribution >= 4 is 0 Å². The van der Waals surface area contributed by atoms with E-state index in [1.165, 1.54) is 0 Å². The number of benzene rings is 1. The number of rotatable bonds is 6. The van der Waals surface area contributed by atoms with E-state index in [9.17, 15) is 0 Å². The molecule has 0 bridgehead atoms. The largest absolute Gasteiger partial charge is 0.494 e. The van der Waals surface area contributed by atoms with Gasteiger partial charge in [0.05, 0.1) is 18.3 Å². The zero-order valence-electron chi connectivity index (χ0n) is 11.3. The van der Waals surface area contributed by atoms with Crippen molar-refractivity contribution in [3.63, 3.8) is 0 Å². The summed E-state index contributed by atoms with van der Waals surface area (Å²) in [5, 5.41) is 4.17. The van der Waals surface area contributed by atoms with Crippen LogP contribution in [0.1, 0.15) is 30.6 Å². The first-order valence-electron chi connectivity index (χ1n) is 6.43. The Morgan fingerprint density at radius 2 is 2.05 bits per heavy atom. The number of aromatic nitrogens is 2. The number of hydrogen-bond acceptors (Lipinski definition) is 4. The molecule has 0 aliphatic heterocycles. The van der Waals surface area contributed by atoms with Crippen molar-refractivity contribution in [3.8, 4) is 5.75 Å². The summed E-state index contributed by atoms with van der Waals surface area (Å²) in [5.74, 6) is 6.54. The smallest absolute Gasteiger partial charge is 0.119 e. The van der Waals surface area contributed by atoms with Crippen molar-refractivity contribution in [2.24, 2.45) is 12.9 Å². The second kappa shape index (κ2) is 6.36. The van der Waals surface area contributed by atoms with Gasteiger partial charge in [-0.15, -0.1) is 0 Å². The number of nitrogens with one attached hydrogen (secondary N) is 1. The van der Waals surface area contributed by atoms with Crippen LogP contribution in [0.15, 0.2) is 36.5 Å². The van der Waals surface area contributed by atoms with Gasteiger partial charge in [0.2, 0.25) is 0 Å². The molecular weight excluding hydrogens is 240 g/mol. The van der Waals surface area contributed by atoms with E-state index in [1.807, 2.05) is 42.1 Å². The number of hydrogen-bond donors (Lipinski definition) is 2. The van der Waals surface area contributed by atoms with Gasteiger partial charge < -0.3 is 4.74 Å². The Kier molecular flexibility index (Phi) is 4.54. The van der Waals surface area contributed by atoms with E-state index in [1.54, 1.807) is 6.20 Å². The van der Waals surface area contributed by atoms with Crippen LogP contribution in [0.3, 0.4) is 0 Å². The van der Waals surface area contributed by atoms with Crippen molar-refractivity contribution in [2.45, 2.75) is 19.4 Å². The monoisotopic (exact) mass is 260 g/mol. The van der Waals surface area contributed by atoms with Gasteiger partial charge >= 0.3 is 0 Å². The Morgan fingerprint density at radius 1 is 1.32 bits per heavy atom. The molecule has 1 unspecified atom stereocenters. The molecule has 102 valence electrons. The van der Waals surface area contributed by atoms with Gasteiger partial charge in [-0.1, -0.05) is 19.1 Å². The van der Waals surface area contributed by atoms with E-state index in [-0.39, 0.29) is 6.04 Å². The number of aryl methyl sites for hydroxylation is 1. The number of nitrogens with zero attached hydrogens (tertiary/aromatic N) is 2. The quantitative estimate of drug-likeness (QED) is 0.613. The lowest BCUT2D eigenvalue weighted by Crippen LogP contribution is -2.30. The maximum Gasteiger partial charge on any atom is 0.119 e. The molecule has 0 fully saturated rings. The normalized spacial score (nSPS) is 12.4. The third-order valence-electron chi connectivity index (χ3n) is 3.01. The Labute approximate surface area is 113 Å². The maximum absolute atomic E-state index is 5.66. The summed E-state index contributed by atoms with van der Waals surface area (Å²) in [7, 11) is 1.90. The van der Waals surface area contributed by atoms with Crippen molar-refractivity contribution < 1.29 is 4.74 Å². The van der Waals surface area contributed by atoms with E-state index >= 15 is 0 Å². The fourth-order valence-electron chi connectivity index (χ4n) is 2.00.